The zero-order valence-corrected chi connectivity index (χ0v) is 12.4. The van der Waals surface area contributed by atoms with Gasteiger partial charge in [0.15, 0.2) is 0 Å². The quantitative estimate of drug-likeness (QED) is 0.926. The van der Waals surface area contributed by atoms with Gasteiger partial charge in [-0.3, -0.25) is 0 Å². The molecule has 2 aromatic carbocycles. The number of anilines is 2. The van der Waals surface area contributed by atoms with Crippen LogP contribution in [0, 0.1) is 0 Å². The number of hydrogen-bond acceptors (Lipinski definition) is 2. The van der Waals surface area contributed by atoms with Gasteiger partial charge in [0, 0.05) is 29.0 Å². The monoisotopic (exact) mass is 286 g/mol. The lowest BCUT2D eigenvalue weighted by Crippen LogP contribution is -2.21. The summed E-state index contributed by atoms with van der Waals surface area (Å²) in [6.45, 7) is 3.02. The van der Waals surface area contributed by atoms with E-state index < -0.39 is 0 Å². The summed E-state index contributed by atoms with van der Waals surface area (Å²) in [5.41, 5.74) is 11.0. The molecule has 2 aromatic rings. The van der Waals surface area contributed by atoms with Crippen LogP contribution in [-0.4, -0.2) is 12.6 Å². The van der Waals surface area contributed by atoms with Crippen molar-refractivity contribution in [2.75, 3.05) is 11.4 Å². The van der Waals surface area contributed by atoms with Crippen molar-refractivity contribution in [3.63, 3.8) is 0 Å². The van der Waals surface area contributed by atoms with Gasteiger partial charge in [0.05, 0.1) is 0 Å². The van der Waals surface area contributed by atoms with Gasteiger partial charge in [-0.1, -0.05) is 35.9 Å². The topological polar surface area (TPSA) is 29.3 Å². The molecular formula is C17H19ClN2. The zero-order chi connectivity index (χ0) is 14.1. The van der Waals surface area contributed by atoms with Gasteiger partial charge in [0.2, 0.25) is 0 Å². The molecular weight excluding hydrogens is 268 g/mol. The number of halogens is 1. The molecule has 2 N–H and O–H groups in total. The smallest absolute Gasteiger partial charge is 0.0459 e. The van der Waals surface area contributed by atoms with Crippen LogP contribution in [0.4, 0.5) is 11.4 Å². The van der Waals surface area contributed by atoms with Crippen molar-refractivity contribution >= 4 is 23.0 Å². The lowest BCUT2D eigenvalue weighted by molar-refractivity contribution is 0.736. The number of nitrogens with two attached hydrogens (primary N) is 1. The van der Waals surface area contributed by atoms with E-state index in [4.69, 9.17) is 17.3 Å². The number of fused-ring (bicyclic) bond motifs is 1. The van der Waals surface area contributed by atoms with Crippen molar-refractivity contribution in [1.82, 2.24) is 0 Å². The minimum atomic E-state index is 0.103. The average Bonchev–Trinajstić information content (AvgIpc) is 2.84. The second-order valence-corrected chi connectivity index (χ2v) is 5.86. The molecule has 0 spiro atoms. The number of benzene rings is 2. The summed E-state index contributed by atoms with van der Waals surface area (Å²) in [7, 11) is 0. The molecule has 1 heterocycles. The van der Waals surface area contributed by atoms with Crippen LogP contribution in [0.25, 0.3) is 0 Å². The Hall–Kier alpha value is -1.51. The molecule has 1 unspecified atom stereocenters. The Kier molecular flexibility index (Phi) is 3.68. The molecule has 20 heavy (non-hydrogen) atoms. The summed E-state index contributed by atoms with van der Waals surface area (Å²) in [5.74, 6) is 0. The lowest BCUT2D eigenvalue weighted by atomic mass is 10.0. The number of nitrogens with zero attached hydrogens (tertiary/aromatic N) is 1. The Morgan fingerprint density at radius 2 is 1.90 bits per heavy atom. The molecule has 3 rings (SSSR count). The number of para-hydroxylation sites is 1. The van der Waals surface area contributed by atoms with E-state index in [-0.39, 0.29) is 6.04 Å². The summed E-state index contributed by atoms with van der Waals surface area (Å²) < 4.78 is 0. The average molecular weight is 287 g/mol. The van der Waals surface area contributed by atoms with Crippen LogP contribution in [0.2, 0.25) is 5.02 Å². The zero-order valence-electron chi connectivity index (χ0n) is 11.6. The van der Waals surface area contributed by atoms with Gasteiger partial charge in [-0.05, 0) is 49.1 Å². The van der Waals surface area contributed by atoms with E-state index in [0.717, 1.165) is 30.0 Å². The molecule has 2 nitrogen and oxygen atoms in total. The lowest BCUT2D eigenvalue weighted by Gasteiger charge is -2.24. The predicted molar refractivity (Wildman–Crippen MR) is 86.0 cm³/mol. The van der Waals surface area contributed by atoms with E-state index in [1.54, 1.807) is 0 Å². The van der Waals surface area contributed by atoms with E-state index >= 15 is 0 Å². The van der Waals surface area contributed by atoms with Gasteiger partial charge in [0.1, 0.15) is 0 Å². The van der Waals surface area contributed by atoms with Gasteiger partial charge >= 0.3 is 0 Å². The molecule has 3 heteroatoms. The Bertz CT molecular complexity index is 622. The molecule has 0 aromatic heterocycles. The second kappa shape index (κ2) is 5.47. The van der Waals surface area contributed by atoms with Gasteiger partial charge < -0.3 is 10.6 Å². The second-order valence-electron chi connectivity index (χ2n) is 5.45. The Morgan fingerprint density at radius 3 is 2.70 bits per heavy atom. The molecule has 0 saturated carbocycles. The predicted octanol–water partition coefficient (Wildman–Crippen LogP) is 3.92. The Balaban J connectivity index is 2.05. The molecule has 104 valence electrons. The number of hydrogen-bond donors (Lipinski definition) is 1. The summed E-state index contributed by atoms with van der Waals surface area (Å²) in [4.78, 5) is 2.36. The van der Waals surface area contributed by atoms with Crippen molar-refractivity contribution in [3.8, 4) is 0 Å². The van der Waals surface area contributed by atoms with Crippen molar-refractivity contribution in [1.29, 1.82) is 0 Å². The third-order valence-electron chi connectivity index (χ3n) is 3.80. The van der Waals surface area contributed by atoms with E-state index in [9.17, 15) is 0 Å². The molecule has 0 saturated heterocycles. The van der Waals surface area contributed by atoms with Crippen LogP contribution in [0.1, 0.15) is 18.1 Å². The van der Waals surface area contributed by atoms with E-state index in [1.165, 1.54) is 16.9 Å². The Morgan fingerprint density at radius 1 is 1.15 bits per heavy atom. The van der Waals surface area contributed by atoms with Crippen LogP contribution in [0.5, 0.6) is 0 Å². The van der Waals surface area contributed by atoms with Crippen LogP contribution in [-0.2, 0) is 12.8 Å². The van der Waals surface area contributed by atoms with Crippen molar-refractivity contribution in [2.24, 2.45) is 5.73 Å². The van der Waals surface area contributed by atoms with Crippen LogP contribution in [0.15, 0.2) is 42.5 Å². The third-order valence-corrected chi connectivity index (χ3v) is 4.15. The van der Waals surface area contributed by atoms with Crippen LogP contribution >= 0.6 is 11.6 Å². The number of rotatable bonds is 3. The highest BCUT2D eigenvalue weighted by atomic mass is 35.5. The maximum absolute atomic E-state index is 6.40. The summed E-state index contributed by atoms with van der Waals surface area (Å²) in [5, 5.41) is 0.809. The first kappa shape index (κ1) is 13.5. The molecule has 1 atom stereocenters. The third kappa shape index (κ3) is 2.41. The Labute approximate surface area is 125 Å². The minimum Gasteiger partial charge on any atom is -0.341 e. The van der Waals surface area contributed by atoms with Crippen molar-refractivity contribution in [2.45, 2.75) is 25.8 Å². The van der Waals surface area contributed by atoms with Gasteiger partial charge in [-0.2, -0.15) is 0 Å². The fraction of sp³-hybridized carbons (Fsp3) is 0.294. The fourth-order valence-corrected chi connectivity index (χ4v) is 3.16. The highest BCUT2D eigenvalue weighted by Gasteiger charge is 2.22. The van der Waals surface area contributed by atoms with Crippen LogP contribution < -0.4 is 10.6 Å². The summed E-state index contributed by atoms with van der Waals surface area (Å²) >= 11 is 6.40. The molecule has 1 aliphatic rings. The maximum Gasteiger partial charge on any atom is 0.0459 e. The normalized spacial score (nSPS) is 15.2. The van der Waals surface area contributed by atoms with E-state index in [0.29, 0.717) is 0 Å². The molecule has 0 radical (unpaired) electrons. The first-order valence-corrected chi connectivity index (χ1v) is 7.43. The highest BCUT2D eigenvalue weighted by Crippen LogP contribution is 2.38. The summed E-state index contributed by atoms with van der Waals surface area (Å²) in [6, 6.07) is 14.8. The SMILES string of the molecule is CC(N)Cc1c(Cl)cccc1N1CCc2ccccc21. The van der Waals surface area contributed by atoms with Crippen molar-refractivity contribution in [3.05, 3.63) is 58.6 Å². The molecule has 0 aliphatic carbocycles. The molecule has 0 fully saturated rings. The van der Waals surface area contributed by atoms with Gasteiger partial charge in [-0.25, -0.2) is 0 Å². The maximum atomic E-state index is 6.40. The first-order chi connectivity index (χ1) is 9.66. The standard InChI is InChI=1S/C17H19ClN2/c1-12(19)11-14-15(18)6-4-8-17(14)20-10-9-13-5-2-3-7-16(13)20/h2-8,12H,9-11,19H2,1H3. The van der Waals surface area contributed by atoms with Gasteiger partial charge in [0.25, 0.3) is 0 Å². The summed E-state index contributed by atoms with van der Waals surface area (Å²) in [6.07, 6.45) is 1.88. The van der Waals surface area contributed by atoms with E-state index in [2.05, 4.69) is 35.2 Å². The minimum absolute atomic E-state index is 0.103. The van der Waals surface area contributed by atoms with Crippen LogP contribution in [0.3, 0.4) is 0 Å². The fourth-order valence-electron chi connectivity index (χ4n) is 2.91. The largest absolute Gasteiger partial charge is 0.341 e. The van der Waals surface area contributed by atoms with Gasteiger partial charge in [-0.15, -0.1) is 0 Å². The first-order valence-electron chi connectivity index (χ1n) is 7.05. The molecule has 0 bridgehead atoms. The molecule has 0 amide bonds. The molecule has 1 aliphatic heterocycles. The highest BCUT2D eigenvalue weighted by molar-refractivity contribution is 6.31. The van der Waals surface area contributed by atoms with Crippen molar-refractivity contribution < 1.29 is 0 Å². The van der Waals surface area contributed by atoms with E-state index in [1.807, 2.05) is 19.1 Å².